The summed E-state index contributed by atoms with van der Waals surface area (Å²) in [6.07, 6.45) is 2.27. The van der Waals surface area contributed by atoms with Gasteiger partial charge < -0.3 is 14.4 Å². The summed E-state index contributed by atoms with van der Waals surface area (Å²) in [6.45, 7) is 2.47. The molecule has 1 atom stereocenters. The van der Waals surface area contributed by atoms with E-state index >= 15 is 0 Å². The molecule has 0 unspecified atom stereocenters. The number of nitrogens with zero attached hydrogens (tertiary/aromatic N) is 2. The standard InChI is InChI=1S/C19H27ClN2O6S/c1-5-15(18(23)21-10-8-13(9-11-21)19(24)28-3)22(29(4,25)26)16-12-14(20)6-7-17(16)27-2/h6-7,12-13,15H,5,8-11H2,1-4H3/t15-/m0/s1. The summed E-state index contributed by atoms with van der Waals surface area (Å²) in [4.78, 5) is 26.6. The molecule has 8 nitrogen and oxygen atoms in total. The molecule has 1 aliphatic heterocycles. The number of halogens is 1. The fourth-order valence-corrected chi connectivity index (χ4v) is 4.93. The van der Waals surface area contributed by atoms with Crippen molar-refractivity contribution < 1.29 is 27.5 Å². The molecule has 2 rings (SSSR count). The lowest BCUT2D eigenvalue weighted by Crippen LogP contribution is -2.53. The van der Waals surface area contributed by atoms with E-state index < -0.39 is 16.1 Å². The molecule has 29 heavy (non-hydrogen) atoms. The van der Waals surface area contributed by atoms with Crippen LogP contribution >= 0.6 is 11.6 Å². The Morgan fingerprint density at radius 1 is 1.28 bits per heavy atom. The van der Waals surface area contributed by atoms with Crippen molar-refractivity contribution in [2.24, 2.45) is 5.92 Å². The average Bonchev–Trinajstić information content (AvgIpc) is 2.70. The molecule has 1 aromatic carbocycles. The van der Waals surface area contributed by atoms with E-state index in [4.69, 9.17) is 21.1 Å². The molecular weight excluding hydrogens is 420 g/mol. The Hall–Kier alpha value is -2.00. The van der Waals surface area contributed by atoms with E-state index in [2.05, 4.69) is 0 Å². The Balaban J connectivity index is 2.35. The van der Waals surface area contributed by atoms with Gasteiger partial charge in [0.25, 0.3) is 0 Å². The van der Waals surface area contributed by atoms with Gasteiger partial charge >= 0.3 is 5.97 Å². The van der Waals surface area contributed by atoms with Gasteiger partial charge in [-0.05, 0) is 37.5 Å². The molecule has 0 N–H and O–H groups in total. The number of amides is 1. The van der Waals surface area contributed by atoms with Gasteiger partial charge in [-0.2, -0.15) is 0 Å². The number of ether oxygens (including phenoxy) is 2. The average molecular weight is 447 g/mol. The third kappa shape index (κ3) is 5.33. The third-order valence-electron chi connectivity index (χ3n) is 5.03. The summed E-state index contributed by atoms with van der Waals surface area (Å²) in [5.41, 5.74) is 0.215. The molecular formula is C19H27ClN2O6S. The van der Waals surface area contributed by atoms with Crippen LogP contribution in [0, 0.1) is 5.92 Å². The Kier molecular flexibility index (Phi) is 7.76. The monoisotopic (exact) mass is 446 g/mol. The van der Waals surface area contributed by atoms with Crippen LogP contribution < -0.4 is 9.04 Å². The van der Waals surface area contributed by atoms with Gasteiger partial charge in [-0.1, -0.05) is 18.5 Å². The number of rotatable bonds is 7. The highest BCUT2D eigenvalue weighted by atomic mass is 35.5. The second kappa shape index (κ2) is 9.67. The minimum absolute atomic E-state index is 0.215. The van der Waals surface area contributed by atoms with Gasteiger partial charge in [0.2, 0.25) is 15.9 Å². The number of carbonyl (C=O) groups excluding carboxylic acids is 2. The largest absolute Gasteiger partial charge is 0.495 e. The van der Waals surface area contributed by atoms with E-state index in [-0.39, 0.29) is 29.9 Å². The second-order valence-corrected chi connectivity index (χ2v) is 9.22. The van der Waals surface area contributed by atoms with Crippen LogP contribution in [0.2, 0.25) is 5.02 Å². The zero-order chi connectivity index (χ0) is 21.8. The molecule has 10 heteroatoms. The molecule has 0 aliphatic carbocycles. The first-order valence-corrected chi connectivity index (χ1v) is 11.6. The van der Waals surface area contributed by atoms with Crippen molar-refractivity contribution in [3.8, 4) is 5.75 Å². The summed E-state index contributed by atoms with van der Waals surface area (Å²) >= 11 is 6.09. The van der Waals surface area contributed by atoms with Gasteiger partial charge in [-0.3, -0.25) is 13.9 Å². The lowest BCUT2D eigenvalue weighted by atomic mass is 9.96. The molecule has 1 amide bonds. The lowest BCUT2D eigenvalue weighted by Gasteiger charge is -2.37. The number of piperidine rings is 1. The van der Waals surface area contributed by atoms with Gasteiger partial charge in [0.1, 0.15) is 11.8 Å². The Labute approximate surface area is 176 Å². The van der Waals surface area contributed by atoms with Crippen molar-refractivity contribution in [3.63, 3.8) is 0 Å². The van der Waals surface area contributed by atoms with E-state index in [1.807, 2.05) is 0 Å². The quantitative estimate of drug-likeness (QED) is 0.596. The minimum Gasteiger partial charge on any atom is -0.495 e. The van der Waals surface area contributed by atoms with Crippen LogP contribution in [0.1, 0.15) is 26.2 Å². The molecule has 1 aromatic rings. The summed E-state index contributed by atoms with van der Waals surface area (Å²) in [5.74, 6) is -0.549. The first-order chi connectivity index (χ1) is 13.6. The normalized spacial score (nSPS) is 16.2. The highest BCUT2D eigenvalue weighted by molar-refractivity contribution is 7.92. The number of sulfonamides is 1. The van der Waals surface area contributed by atoms with Crippen LogP contribution in [0.25, 0.3) is 0 Å². The van der Waals surface area contributed by atoms with Gasteiger partial charge in [-0.15, -0.1) is 0 Å². The summed E-state index contributed by atoms with van der Waals surface area (Å²) < 4.78 is 36.5. The van der Waals surface area contributed by atoms with E-state index in [0.29, 0.717) is 36.7 Å². The number of methoxy groups -OCH3 is 2. The Morgan fingerprint density at radius 2 is 1.90 bits per heavy atom. The van der Waals surface area contributed by atoms with Crippen LogP contribution in [0.4, 0.5) is 5.69 Å². The third-order valence-corrected chi connectivity index (χ3v) is 6.43. The fraction of sp³-hybridized carbons (Fsp3) is 0.579. The molecule has 0 radical (unpaired) electrons. The summed E-state index contributed by atoms with van der Waals surface area (Å²) in [7, 11) is -1.05. The van der Waals surface area contributed by atoms with Crippen LogP contribution in [0.3, 0.4) is 0 Å². The van der Waals surface area contributed by atoms with Gasteiger partial charge in [0, 0.05) is 18.1 Å². The molecule has 1 heterocycles. The van der Waals surface area contributed by atoms with E-state index in [1.54, 1.807) is 24.0 Å². The van der Waals surface area contributed by atoms with E-state index in [0.717, 1.165) is 10.6 Å². The zero-order valence-electron chi connectivity index (χ0n) is 17.1. The Bertz CT molecular complexity index is 852. The maximum Gasteiger partial charge on any atom is 0.308 e. The van der Waals surface area contributed by atoms with Crippen LogP contribution in [-0.4, -0.2) is 64.8 Å². The van der Waals surface area contributed by atoms with Crippen molar-refractivity contribution in [1.82, 2.24) is 4.90 Å². The lowest BCUT2D eigenvalue weighted by molar-refractivity contribution is -0.149. The molecule has 0 saturated carbocycles. The van der Waals surface area contributed by atoms with Gasteiger partial charge in [-0.25, -0.2) is 8.42 Å². The number of carbonyl (C=O) groups is 2. The topological polar surface area (TPSA) is 93.2 Å². The predicted molar refractivity (Wildman–Crippen MR) is 111 cm³/mol. The SMILES string of the molecule is CC[C@@H](C(=O)N1CCC(C(=O)OC)CC1)N(c1cc(Cl)ccc1OC)S(C)(=O)=O. The number of anilines is 1. The van der Waals surface area contributed by atoms with Crippen LogP contribution in [0.5, 0.6) is 5.75 Å². The van der Waals surface area contributed by atoms with Crippen molar-refractivity contribution >= 4 is 39.2 Å². The number of hydrogen-bond acceptors (Lipinski definition) is 6. The van der Waals surface area contributed by atoms with Crippen LogP contribution in [-0.2, 0) is 24.3 Å². The molecule has 1 fully saturated rings. The smallest absolute Gasteiger partial charge is 0.308 e. The molecule has 0 aromatic heterocycles. The molecule has 162 valence electrons. The number of esters is 1. The zero-order valence-corrected chi connectivity index (χ0v) is 18.6. The summed E-state index contributed by atoms with van der Waals surface area (Å²) in [5, 5.41) is 0.329. The van der Waals surface area contributed by atoms with Crippen molar-refractivity contribution in [2.75, 3.05) is 37.9 Å². The van der Waals surface area contributed by atoms with E-state index in [1.165, 1.54) is 20.3 Å². The number of likely N-dealkylation sites (tertiary alicyclic amines) is 1. The summed E-state index contributed by atoms with van der Waals surface area (Å²) in [6, 6.07) is 3.67. The first kappa shape index (κ1) is 23.3. The van der Waals surface area contributed by atoms with Crippen molar-refractivity contribution in [1.29, 1.82) is 0 Å². The fourth-order valence-electron chi connectivity index (χ4n) is 3.57. The maximum atomic E-state index is 13.3. The first-order valence-electron chi connectivity index (χ1n) is 9.33. The highest BCUT2D eigenvalue weighted by Gasteiger charge is 2.37. The molecule has 1 aliphatic rings. The number of benzene rings is 1. The maximum absolute atomic E-state index is 13.3. The molecule has 0 bridgehead atoms. The predicted octanol–water partition coefficient (Wildman–Crippen LogP) is 2.30. The van der Waals surface area contributed by atoms with Gasteiger partial charge in [0.15, 0.2) is 0 Å². The number of hydrogen-bond donors (Lipinski definition) is 0. The minimum atomic E-state index is -3.82. The second-order valence-electron chi connectivity index (χ2n) is 6.92. The molecule has 1 saturated heterocycles. The van der Waals surface area contributed by atoms with Gasteiger partial charge in [0.05, 0.1) is 32.1 Å². The molecule has 0 spiro atoms. The Morgan fingerprint density at radius 3 is 2.38 bits per heavy atom. The van der Waals surface area contributed by atoms with Crippen molar-refractivity contribution in [3.05, 3.63) is 23.2 Å². The van der Waals surface area contributed by atoms with Crippen LogP contribution in [0.15, 0.2) is 18.2 Å². The van der Waals surface area contributed by atoms with E-state index in [9.17, 15) is 18.0 Å². The van der Waals surface area contributed by atoms with Crippen molar-refractivity contribution in [2.45, 2.75) is 32.2 Å². The highest BCUT2D eigenvalue weighted by Crippen LogP contribution is 2.35.